The number of nitrogens with one attached hydrogen (secondary N) is 2. The van der Waals surface area contributed by atoms with Crippen LogP contribution in [0.25, 0.3) is 0 Å². The number of rotatable bonds is 4. The Bertz CT molecular complexity index is 534. The highest BCUT2D eigenvalue weighted by Crippen LogP contribution is 2.17. The van der Waals surface area contributed by atoms with Crippen LogP contribution in [-0.4, -0.2) is 27.6 Å². The van der Waals surface area contributed by atoms with E-state index in [0.29, 0.717) is 17.9 Å². The third-order valence-electron chi connectivity index (χ3n) is 2.65. The molecule has 18 heavy (non-hydrogen) atoms. The maximum Gasteiger partial charge on any atom is 0.273 e. The van der Waals surface area contributed by atoms with Gasteiger partial charge in [-0.3, -0.25) is 9.89 Å². The van der Waals surface area contributed by atoms with Crippen LogP contribution in [0.5, 0.6) is 0 Å². The average molecular weight is 265 g/mol. The van der Waals surface area contributed by atoms with Gasteiger partial charge in [-0.25, -0.2) is 4.98 Å². The predicted molar refractivity (Wildman–Crippen MR) is 70.6 cm³/mol. The van der Waals surface area contributed by atoms with Gasteiger partial charge in [-0.05, 0) is 6.92 Å². The lowest BCUT2D eigenvalue weighted by Gasteiger charge is -2.09. The van der Waals surface area contributed by atoms with Gasteiger partial charge in [0.15, 0.2) is 5.69 Å². The number of H-pyrrole nitrogens is 1. The van der Waals surface area contributed by atoms with Gasteiger partial charge in [0.2, 0.25) is 0 Å². The first-order chi connectivity index (χ1) is 8.59. The van der Waals surface area contributed by atoms with Crippen LogP contribution >= 0.6 is 11.3 Å². The fourth-order valence-electron chi connectivity index (χ4n) is 1.51. The monoisotopic (exact) mass is 265 g/mol. The van der Waals surface area contributed by atoms with Crippen molar-refractivity contribution in [1.82, 2.24) is 20.5 Å². The minimum atomic E-state index is -0.264. The molecule has 0 saturated heterocycles. The van der Waals surface area contributed by atoms with Crippen LogP contribution in [0.1, 0.15) is 34.0 Å². The Morgan fingerprint density at radius 3 is 3.00 bits per heavy atom. The fraction of sp³-hybridized carbons (Fsp3) is 0.364. The summed E-state index contributed by atoms with van der Waals surface area (Å²) < 4.78 is 0. The average Bonchev–Trinajstić information content (AvgIpc) is 2.98. The van der Waals surface area contributed by atoms with Gasteiger partial charge < -0.3 is 11.1 Å². The van der Waals surface area contributed by atoms with Gasteiger partial charge in [-0.15, -0.1) is 11.3 Å². The van der Waals surface area contributed by atoms with Crippen LogP contribution in [0.3, 0.4) is 0 Å². The van der Waals surface area contributed by atoms with Gasteiger partial charge in [0, 0.05) is 24.0 Å². The highest BCUT2D eigenvalue weighted by molar-refractivity contribution is 7.09. The van der Waals surface area contributed by atoms with Crippen molar-refractivity contribution in [2.45, 2.75) is 19.8 Å². The van der Waals surface area contributed by atoms with E-state index in [9.17, 15) is 4.79 Å². The molecule has 96 valence electrons. The van der Waals surface area contributed by atoms with Crippen LogP contribution in [-0.2, 0) is 0 Å². The van der Waals surface area contributed by atoms with E-state index in [1.165, 1.54) is 0 Å². The number of anilines is 1. The number of aromatic amines is 1. The number of aromatic nitrogens is 3. The van der Waals surface area contributed by atoms with Gasteiger partial charge in [0.1, 0.15) is 0 Å². The Kier molecular flexibility index (Phi) is 3.61. The molecule has 6 nitrogen and oxygen atoms in total. The predicted octanol–water partition coefficient (Wildman–Crippen LogP) is 1.29. The second-order valence-electron chi connectivity index (χ2n) is 4.09. The first-order valence-corrected chi connectivity index (χ1v) is 6.45. The third-order valence-corrected chi connectivity index (χ3v) is 3.66. The number of amides is 1. The summed E-state index contributed by atoms with van der Waals surface area (Å²) in [6.07, 6.45) is 1.76. The lowest BCUT2D eigenvalue weighted by atomic mass is 10.2. The summed E-state index contributed by atoms with van der Waals surface area (Å²) in [5.74, 6) is -0.0875. The zero-order valence-electron chi connectivity index (χ0n) is 10.2. The zero-order valence-corrected chi connectivity index (χ0v) is 11.0. The number of hydrogen-bond acceptors (Lipinski definition) is 5. The van der Waals surface area contributed by atoms with E-state index in [0.717, 1.165) is 5.01 Å². The van der Waals surface area contributed by atoms with Crippen molar-refractivity contribution in [3.05, 3.63) is 28.0 Å². The Labute approximate surface area is 109 Å². The Balaban J connectivity index is 1.95. The van der Waals surface area contributed by atoms with E-state index in [4.69, 9.17) is 5.73 Å². The second-order valence-corrected chi connectivity index (χ2v) is 5.02. The molecule has 1 atom stereocenters. The molecule has 0 aliphatic rings. The van der Waals surface area contributed by atoms with Crippen LogP contribution in [0.2, 0.25) is 0 Å². The summed E-state index contributed by atoms with van der Waals surface area (Å²) in [5, 5.41) is 12.3. The molecule has 1 unspecified atom stereocenters. The van der Waals surface area contributed by atoms with Gasteiger partial charge in [0.05, 0.1) is 16.4 Å². The zero-order chi connectivity index (χ0) is 13.1. The molecule has 2 aromatic rings. The molecule has 0 aliphatic carbocycles. The molecule has 4 N–H and O–H groups in total. The van der Waals surface area contributed by atoms with Gasteiger partial charge in [-0.2, -0.15) is 5.10 Å². The lowest BCUT2D eigenvalue weighted by Crippen LogP contribution is -2.28. The highest BCUT2D eigenvalue weighted by atomic mass is 32.1. The summed E-state index contributed by atoms with van der Waals surface area (Å²) >= 11 is 1.58. The summed E-state index contributed by atoms with van der Waals surface area (Å²) in [6, 6.07) is 0. The largest absolute Gasteiger partial charge is 0.395 e. The molecule has 0 bridgehead atoms. The molecule has 2 rings (SSSR count). The molecule has 2 heterocycles. The number of carbonyl (C=O) groups excluding carboxylic acids is 1. The lowest BCUT2D eigenvalue weighted by molar-refractivity contribution is 0.0947. The minimum absolute atomic E-state index is 0.176. The second kappa shape index (κ2) is 5.18. The number of thiazole rings is 1. The van der Waals surface area contributed by atoms with Crippen LogP contribution in [0.15, 0.2) is 11.6 Å². The van der Waals surface area contributed by atoms with Crippen molar-refractivity contribution in [2.24, 2.45) is 0 Å². The van der Waals surface area contributed by atoms with E-state index >= 15 is 0 Å². The first-order valence-electron chi connectivity index (χ1n) is 5.57. The van der Waals surface area contributed by atoms with Crippen molar-refractivity contribution >= 4 is 22.9 Å². The van der Waals surface area contributed by atoms with E-state index in [2.05, 4.69) is 20.5 Å². The van der Waals surface area contributed by atoms with Crippen LogP contribution in [0.4, 0.5) is 5.69 Å². The fourth-order valence-corrected chi connectivity index (χ4v) is 2.20. The van der Waals surface area contributed by atoms with Crippen molar-refractivity contribution in [2.75, 3.05) is 12.3 Å². The molecule has 2 aromatic heterocycles. The van der Waals surface area contributed by atoms with Crippen molar-refractivity contribution in [1.29, 1.82) is 0 Å². The van der Waals surface area contributed by atoms with E-state index in [1.54, 1.807) is 24.5 Å². The number of nitrogens with zero attached hydrogens (tertiary/aromatic N) is 2. The molecule has 0 radical (unpaired) electrons. The summed E-state index contributed by atoms with van der Waals surface area (Å²) in [6.45, 7) is 4.30. The normalized spacial score (nSPS) is 12.3. The van der Waals surface area contributed by atoms with E-state index in [1.807, 2.05) is 12.3 Å². The number of aryl methyl sites for hydroxylation is 1. The molecular formula is C11H15N5OS. The quantitative estimate of drug-likeness (QED) is 0.776. The maximum atomic E-state index is 11.9. The Morgan fingerprint density at radius 1 is 1.67 bits per heavy atom. The van der Waals surface area contributed by atoms with Gasteiger partial charge >= 0.3 is 0 Å². The summed E-state index contributed by atoms with van der Waals surface area (Å²) in [5.41, 5.74) is 7.09. The molecule has 0 aliphatic heterocycles. The van der Waals surface area contributed by atoms with Crippen LogP contribution < -0.4 is 11.1 Å². The molecule has 0 spiro atoms. The van der Waals surface area contributed by atoms with E-state index in [-0.39, 0.29) is 17.5 Å². The summed E-state index contributed by atoms with van der Waals surface area (Å²) in [7, 11) is 0. The molecular weight excluding hydrogens is 250 g/mol. The van der Waals surface area contributed by atoms with Gasteiger partial charge in [0.25, 0.3) is 5.91 Å². The standard InChI is InChI=1S/C11H15N5OS/c1-6(11-13-3-4-18-11)5-14-10(17)9-8(12)7(2)15-16-9/h3-4,6H,5,12H2,1-2H3,(H,14,17)(H,15,16). The topological polar surface area (TPSA) is 96.7 Å². The maximum absolute atomic E-state index is 11.9. The number of nitrogen functional groups attached to an aromatic ring is 1. The van der Waals surface area contributed by atoms with Gasteiger partial charge in [-0.1, -0.05) is 6.92 Å². The Hall–Kier alpha value is -1.89. The minimum Gasteiger partial charge on any atom is -0.395 e. The van der Waals surface area contributed by atoms with Crippen LogP contribution in [0, 0.1) is 6.92 Å². The van der Waals surface area contributed by atoms with Crippen molar-refractivity contribution in [3.8, 4) is 0 Å². The van der Waals surface area contributed by atoms with E-state index < -0.39 is 0 Å². The smallest absolute Gasteiger partial charge is 0.273 e. The molecule has 1 amide bonds. The number of carbonyl (C=O) groups is 1. The molecule has 0 saturated carbocycles. The summed E-state index contributed by atoms with van der Waals surface area (Å²) in [4.78, 5) is 16.1. The molecule has 7 heteroatoms. The molecule has 0 aromatic carbocycles. The van der Waals surface area contributed by atoms with Crippen molar-refractivity contribution in [3.63, 3.8) is 0 Å². The van der Waals surface area contributed by atoms with Crippen molar-refractivity contribution < 1.29 is 4.79 Å². The SMILES string of the molecule is Cc1[nH]nc(C(=O)NCC(C)c2nccs2)c1N. The third kappa shape index (κ3) is 2.51. The highest BCUT2D eigenvalue weighted by Gasteiger charge is 2.16. The molecule has 0 fully saturated rings. The Morgan fingerprint density at radius 2 is 2.44 bits per heavy atom. The first kappa shape index (κ1) is 12.6. The number of nitrogens with two attached hydrogens (primary N) is 1. The number of hydrogen-bond donors (Lipinski definition) is 3.